The summed E-state index contributed by atoms with van der Waals surface area (Å²) < 4.78 is 0. The Balaban J connectivity index is 2.60. The molecule has 0 unspecified atom stereocenters. The van der Waals surface area contributed by atoms with E-state index in [1.54, 1.807) is 0 Å². The number of nitrogens with zero attached hydrogens (tertiary/aromatic N) is 1. The maximum atomic E-state index is 11.8. The number of ketones is 1. The molecule has 0 bridgehead atoms. The molecule has 0 fully saturated rings. The van der Waals surface area contributed by atoms with Crippen molar-refractivity contribution in [1.82, 2.24) is 0 Å². The monoisotopic (exact) mass is 239 g/mol. The number of aliphatic hydroxyl groups is 1. The summed E-state index contributed by atoms with van der Waals surface area (Å²) in [4.78, 5) is 16.8. The van der Waals surface area contributed by atoms with Crippen LogP contribution in [-0.2, 0) is 9.63 Å². The minimum Gasteiger partial charge on any atom is -0.511 e. The summed E-state index contributed by atoms with van der Waals surface area (Å²) in [7, 11) is 0. The second-order valence-corrected chi connectivity index (χ2v) is 5.22. The summed E-state index contributed by atoms with van der Waals surface area (Å²) in [5.74, 6) is 0.0516. The SMILES string of the molecule is CCCCO/N=C/C1=C(O)CC(C)(C)CC1=O. The average Bonchev–Trinajstić information content (AvgIpc) is 2.19. The van der Waals surface area contributed by atoms with Crippen molar-refractivity contribution >= 4 is 12.0 Å². The van der Waals surface area contributed by atoms with Gasteiger partial charge < -0.3 is 9.94 Å². The third kappa shape index (κ3) is 4.21. The second kappa shape index (κ2) is 5.84. The summed E-state index contributed by atoms with van der Waals surface area (Å²) in [5, 5.41) is 13.5. The van der Waals surface area contributed by atoms with Crippen molar-refractivity contribution in [2.45, 2.75) is 46.5 Å². The van der Waals surface area contributed by atoms with Crippen LogP contribution in [0.4, 0.5) is 0 Å². The summed E-state index contributed by atoms with van der Waals surface area (Å²) in [6.45, 7) is 6.54. The smallest absolute Gasteiger partial charge is 0.168 e. The third-order valence-electron chi connectivity index (χ3n) is 2.74. The van der Waals surface area contributed by atoms with Gasteiger partial charge in [0.05, 0.1) is 11.8 Å². The van der Waals surface area contributed by atoms with Crippen LogP contribution in [0.2, 0.25) is 0 Å². The Morgan fingerprint density at radius 1 is 1.47 bits per heavy atom. The molecule has 0 radical (unpaired) electrons. The van der Waals surface area contributed by atoms with E-state index < -0.39 is 0 Å². The molecule has 1 aliphatic rings. The third-order valence-corrected chi connectivity index (χ3v) is 2.74. The molecular formula is C13H21NO3. The molecule has 4 heteroatoms. The Labute approximate surface area is 102 Å². The predicted molar refractivity (Wildman–Crippen MR) is 67.0 cm³/mol. The molecule has 0 atom stereocenters. The first-order valence-electron chi connectivity index (χ1n) is 6.07. The van der Waals surface area contributed by atoms with E-state index in [-0.39, 0.29) is 17.0 Å². The van der Waals surface area contributed by atoms with Gasteiger partial charge >= 0.3 is 0 Å². The zero-order chi connectivity index (χ0) is 12.9. The number of unbranched alkanes of at least 4 members (excludes halogenated alkanes) is 1. The van der Waals surface area contributed by atoms with E-state index in [0.717, 1.165) is 12.8 Å². The molecule has 17 heavy (non-hydrogen) atoms. The molecule has 1 rings (SSSR count). The molecule has 1 N–H and O–H groups in total. The van der Waals surface area contributed by atoms with E-state index in [2.05, 4.69) is 12.1 Å². The normalized spacial score (nSPS) is 20.1. The van der Waals surface area contributed by atoms with Gasteiger partial charge in [-0.1, -0.05) is 32.3 Å². The Morgan fingerprint density at radius 3 is 2.76 bits per heavy atom. The number of hydrogen-bond acceptors (Lipinski definition) is 4. The van der Waals surface area contributed by atoms with Crippen LogP contribution >= 0.6 is 0 Å². The molecule has 0 spiro atoms. The van der Waals surface area contributed by atoms with Gasteiger partial charge in [0.25, 0.3) is 0 Å². The molecule has 0 heterocycles. The van der Waals surface area contributed by atoms with Crippen LogP contribution in [0.5, 0.6) is 0 Å². The van der Waals surface area contributed by atoms with Crippen LogP contribution in [0.15, 0.2) is 16.5 Å². The Kier molecular flexibility index (Phi) is 4.73. The van der Waals surface area contributed by atoms with E-state index in [9.17, 15) is 9.90 Å². The highest BCUT2D eigenvalue weighted by molar-refractivity contribution is 6.14. The number of aliphatic hydroxyl groups excluding tert-OH is 1. The molecule has 0 aromatic heterocycles. The lowest BCUT2D eigenvalue weighted by atomic mass is 9.77. The lowest BCUT2D eigenvalue weighted by molar-refractivity contribution is -0.117. The highest BCUT2D eigenvalue weighted by Gasteiger charge is 2.32. The Morgan fingerprint density at radius 2 is 2.18 bits per heavy atom. The van der Waals surface area contributed by atoms with Gasteiger partial charge in [-0.3, -0.25) is 4.79 Å². The zero-order valence-electron chi connectivity index (χ0n) is 10.8. The lowest BCUT2D eigenvalue weighted by Gasteiger charge is -2.28. The van der Waals surface area contributed by atoms with Gasteiger partial charge in [-0.15, -0.1) is 0 Å². The summed E-state index contributed by atoms with van der Waals surface area (Å²) in [6.07, 6.45) is 4.25. The molecule has 1 aliphatic carbocycles. The lowest BCUT2D eigenvalue weighted by Crippen LogP contribution is -2.26. The van der Waals surface area contributed by atoms with Gasteiger partial charge in [-0.2, -0.15) is 0 Å². The van der Waals surface area contributed by atoms with Crippen LogP contribution < -0.4 is 0 Å². The fourth-order valence-electron chi connectivity index (χ4n) is 1.80. The van der Waals surface area contributed by atoms with E-state index in [1.165, 1.54) is 6.21 Å². The van der Waals surface area contributed by atoms with E-state index in [1.807, 2.05) is 13.8 Å². The quantitative estimate of drug-likeness (QED) is 0.456. The van der Waals surface area contributed by atoms with Crippen LogP contribution in [-0.4, -0.2) is 23.7 Å². The zero-order valence-corrected chi connectivity index (χ0v) is 10.8. The number of carbonyl (C=O) groups is 1. The topological polar surface area (TPSA) is 58.9 Å². The summed E-state index contributed by atoms with van der Waals surface area (Å²) >= 11 is 0. The molecule has 0 aromatic rings. The van der Waals surface area contributed by atoms with Crippen LogP contribution in [0.3, 0.4) is 0 Å². The molecule has 4 nitrogen and oxygen atoms in total. The number of carbonyl (C=O) groups excluding carboxylic acids is 1. The van der Waals surface area contributed by atoms with Crippen molar-refractivity contribution in [3.63, 3.8) is 0 Å². The molecule has 0 amide bonds. The van der Waals surface area contributed by atoms with Gasteiger partial charge in [-0.25, -0.2) is 0 Å². The van der Waals surface area contributed by atoms with E-state index >= 15 is 0 Å². The van der Waals surface area contributed by atoms with Crippen LogP contribution in [0.1, 0.15) is 46.5 Å². The number of oxime groups is 1. The molecule has 0 aliphatic heterocycles. The number of allylic oxidation sites excluding steroid dienone is 2. The maximum absolute atomic E-state index is 11.8. The Hall–Kier alpha value is -1.32. The van der Waals surface area contributed by atoms with Gasteiger partial charge in [0, 0.05) is 12.8 Å². The first kappa shape index (κ1) is 13.7. The minimum atomic E-state index is -0.165. The van der Waals surface area contributed by atoms with Crippen molar-refractivity contribution in [2.24, 2.45) is 10.6 Å². The fourth-order valence-corrected chi connectivity index (χ4v) is 1.80. The van der Waals surface area contributed by atoms with Crippen LogP contribution in [0, 0.1) is 5.41 Å². The maximum Gasteiger partial charge on any atom is 0.168 e. The van der Waals surface area contributed by atoms with Crippen molar-refractivity contribution in [1.29, 1.82) is 0 Å². The second-order valence-electron chi connectivity index (χ2n) is 5.22. The van der Waals surface area contributed by atoms with Crippen molar-refractivity contribution < 1.29 is 14.7 Å². The molecule has 96 valence electrons. The largest absolute Gasteiger partial charge is 0.511 e. The Bertz CT molecular complexity index is 343. The highest BCUT2D eigenvalue weighted by Crippen LogP contribution is 2.35. The van der Waals surface area contributed by atoms with Gasteiger partial charge in [-0.05, 0) is 11.8 Å². The molecule has 0 aromatic carbocycles. The first-order valence-corrected chi connectivity index (χ1v) is 6.07. The number of Topliss-reactive ketones (excluding diaryl/α,β-unsaturated/α-hetero) is 1. The number of rotatable bonds is 5. The highest BCUT2D eigenvalue weighted by atomic mass is 16.6. The molecule has 0 saturated heterocycles. The minimum absolute atomic E-state index is 0.0680. The van der Waals surface area contributed by atoms with Crippen molar-refractivity contribution in [3.8, 4) is 0 Å². The standard InChI is InChI=1S/C13H21NO3/c1-4-5-6-17-14-9-10-11(15)7-13(2,3)8-12(10)16/h9,15H,4-8H2,1-3H3/b14-9+. The van der Waals surface area contributed by atoms with Crippen LogP contribution in [0.25, 0.3) is 0 Å². The predicted octanol–water partition coefficient (Wildman–Crippen LogP) is 2.99. The molecule has 0 saturated carbocycles. The van der Waals surface area contributed by atoms with E-state index in [0.29, 0.717) is 25.0 Å². The van der Waals surface area contributed by atoms with Gasteiger partial charge in [0.15, 0.2) is 5.78 Å². The van der Waals surface area contributed by atoms with Gasteiger partial charge in [0.1, 0.15) is 12.4 Å². The molecular weight excluding hydrogens is 218 g/mol. The van der Waals surface area contributed by atoms with Crippen molar-refractivity contribution in [2.75, 3.05) is 6.61 Å². The van der Waals surface area contributed by atoms with E-state index in [4.69, 9.17) is 4.84 Å². The number of hydrogen-bond donors (Lipinski definition) is 1. The average molecular weight is 239 g/mol. The summed E-state index contributed by atoms with van der Waals surface area (Å²) in [5.41, 5.74) is 0.127. The fraction of sp³-hybridized carbons (Fsp3) is 0.692. The summed E-state index contributed by atoms with van der Waals surface area (Å²) in [6, 6.07) is 0. The van der Waals surface area contributed by atoms with Gasteiger partial charge in [0.2, 0.25) is 0 Å². The first-order chi connectivity index (χ1) is 7.96. The van der Waals surface area contributed by atoms with Crippen molar-refractivity contribution in [3.05, 3.63) is 11.3 Å².